The lowest BCUT2D eigenvalue weighted by Gasteiger charge is -2.17. The van der Waals surface area contributed by atoms with Crippen LogP contribution >= 0.6 is 11.6 Å². The summed E-state index contributed by atoms with van der Waals surface area (Å²) in [6, 6.07) is 9.09. The molecule has 0 saturated carbocycles. The first-order valence-corrected chi connectivity index (χ1v) is 5.56. The van der Waals surface area contributed by atoms with Gasteiger partial charge in [0.2, 0.25) is 5.91 Å². The number of hydrogen-bond acceptors (Lipinski definition) is 2. The lowest BCUT2D eigenvalue weighted by molar-refractivity contribution is -0.120. The van der Waals surface area contributed by atoms with Gasteiger partial charge in [0.1, 0.15) is 11.7 Å². The Morgan fingerprint density at radius 2 is 1.94 bits per heavy atom. The number of halogens is 1. The maximum Gasteiger partial charge on any atom is 0.235 e. The van der Waals surface area contributed by atoms with Gasteiger partial charge >= 0.3 is 0 Å². The lowest BCUT2D eigenvalue weighted by atomic mass is 10.0. The van der Waals surface area contributed by atoms with Crippen molar-refractivity contribution < 1.29 is 9.59 Å². The van der Waals surface area contributed by atoms with Crippen LogP contribution in [0.2, 0.25) is 0 Å². The number of nitrogens with one attached hydrogen (secondary N) is 1. The molecule has 0 radical (unpaired) electrons. The van der Waals surface area contributed by atoms with Gasteiger partial charge in [-0.05, 0) is 12.5 Å². The summed E-state index contributed by atoms with van der Waals surface area (Å²) < 4.78 is 0. The van der Waals surface area contributed by atoms with Gasteiger partial charge in [0.05, 0.1) is 6.04 Å². The first-order valence-electron chi connectivity index (χ1n) is 5.03. The summed E-state index contributed by atoms with van der Waals surface area (Å²) >= 11 is 5.42. The first kappa shape index (κ1) is 12.7. The molecule has 1 aromatic rings. The zero-order valence-corrected chi connectivity index (χ0v) is 9.83. The van der Waals surface area contributed by atoms with Crippen LogP contribution in [0.5, 0.6) is 0 Å². The minimum atomic E-state index is -0.287. The van der Waals surface area contributed by atoms with Crippen LogP contribution in [0.1, 0.15) is 24.9 Å². The quantitative estimate of drug-likeness (QED) is 0.800. The van der Waals surface area contributed by atoms with Crippen molar-refractivity contribution in [3.05, 3.63) is 35.9 Å². The zero-order chi connectivity index (χ0) is 12.0. The van der Waals surface area contributed by atoms with Gasteiger partial charge in [-0.2, -0.15) is 0 Å². The summed E-state index contributed by atoms with van der Waals surface area (Å²) in [7, 11) is 0. The van der Waals surface area contributed by atoms with E-state index in [1.165, 1.54) is 6.92 Å². The highest BCUT2D eigenvalue weighted by Gasteiger charge is 2.15. The van der Waals surface area contributed by atoms with Crippen molar-refractivity contribution in [2.75, 3.05) is 5.88 Å². The normalized spacial score (nSPS) is 11.9. The summed E-state index contributed by atoms with van der Waals surface area (Å²) in [4.78, 5) is 22.3. The maximum atomic E-state index is 11.2. The largest absolute Gasteiger partial charge is 0.348 e. The smallest absolute Gasteiger partial charge is 0.235 e. The summed E-state index contributed by atoms with van der Waals surface area (Å²) in [6.45, 7) is 1.50. The molecule has 0 aliphatic heterocycles. The Morgan fingerprint density at radius 3 is 2.44 bits per heavy atom. The van der Waals surface area contributed by atoms with E-state index in [1.807, 2.05) is 30.3 Å². The zero-order valence-electron chi connectivity index (χ0n) is 9.07. The summed E-state index contributed by atoms with van der Waals surface area (Å²) in [5.41, 5.74) is 0.913. The number of carbonyl (C=O) groups is 2. The molecular formula is C12H14ClNO2. The molecule has 0 aromatic heterocycles. The average Bonchev–Trinajstić information content (AvgIpc) is 2.28. The fourth-order valence-corrected chi connectivity index (χ4v) is 1.54. The highest BCUT2D eigenvalue weighted by molar-refractivity contribution is 6.27. The molecule has 0 aliphatic carbocycles. The van der Waals surface area contributed by atoms with Crippen LogP contribution in [0, 0.1) is 0 Å². The van der Waals surface area contributed by atoms with E-state index in [0.29, 0.717) is 0 Å². The molecule has 0 heterocycles. The second-order valence-electron chi connectivity index (χ2n) is 3.57. The molecule has 1 amide bonds. The number of amides is 1. The Labute approximate surface area is 99.8 Å². The molecule has 1 rings (SSSR count). The first-order chi connectivity index (χ1) is 7.63. The molecule has 0 fully saturated rings. The van der Waals surface area contributed by atoms with Crippen molar-refractivity contribution in [3.8, 4) is 0 Å². The number of benzene rings is 1. The van der Waals surface area contributed by atoms with Crippen molar-refractivity contribution in [2.45, 2.75) is 19.4 Å². The second-order valence-corrected chi connectivity index (χ2v) is 3.84. The number of carbonyl (C=O) groups excluding carboxylic acids is 2. The van der Waals surface area contributed by atoms with Crippen LogP contribution in [0.4, 0.5) is 0 Å². The van der Waals surface area contributed by atoms with Gasteiger partial charge in [-0.3, -0.25) is 9.59 Å². The summed E-state index contributed by atoms with van der Waals surface area (Å²) in [5, 5.41) is 2.72. The SMILES string of the molecule is CC(=O)CC(NC(=O)CCl)c1ccccc1. The monoisotopic (exact) mass is 239 g/mol. The summed E-state index contributed by atoms with van der Waals surface area (Å²) in [6.07, 6.45) is 0.284. The molecule has 1 unspecified atom stereocenters. The van der Waals surface area contributed by atoms with Crippen LogP contribution in [0.3, 0.4) is 0 Å². The predicted octanol–water partition coefficient (Wildman–Crippen LogP) is 2.06. The molecule has 3 nitrogen and oxygen atoms in total. The molecule has 0 spiro atoms. The molecule has 0 aliphatic rings. The minimum absolute atomic E-state index is 0.0312. The van der Waals surface area contributed by atoms with Gasteiger partial charge in [0.25, 0.3) is 0 Å². The van der Waals surface area contributed by atoms with Gasteiger partial charge in [0.15, 0.2) is 0 Å². The third-order valence-corrected chi connectivity index (χ3v) is 2.39. The molecule has 1 N–H and O–H groups in total. The van der Waals surface area contributed by atoms with Crippen LogP contribution in [-0.4, -0.2) is 17.6 Å². The number of Topliss-reactive ketones (excluding diaryl/α,β-unsaturated/α-hetero) is 1. The molecule has 16 heavy (non-hydrogen) atoms. The third-order valence-electron chi connectivity index (χ3n) is 2.15. The maximum absolute atomic E-state index is 11.2. The second kappa shape index (κ2) is 6.28. The molecule has 1 atom stereocenters. The van der Waals surface area contributed by atoms with Crippen molar-refractivity contribution in [3.63, 3.8) is 0 Å². The molecule has 1 aromatic carbocycles. The van der Waals surface area contributed by atoms with E-state index in [2.05, 4.69) is 5.32 Å². The standard InChI is InChI=1S/C12H14ClNO2/c1-9(15)7-11(14-12(16)8-13)10-5-3-2-4-6-10/h2-6,11H,7-8H2,1H3,(H,14,16). The van der Waals surface area contributed by atoms with Gasteiger partial charge in [-0.1, -0.05) is 30.3 Å². The number of alkyl halides is 1. The Balaban J connectivity index is 2.79. The fraction of sp³-hybridized carbons (Fsp3) is 0.333. The third kappa shape index (κ3) is 4.03. The van der Waals surface area contributed by atoms with Crippen LogP contribution < -0.4 is 5.32 Å². The molecule has 0 saturated heterocycles. The van der Waals surface area contributed by atoms with Crippen molar-refractivity contribution in [1.29, 1.82) is 0 Å². The van der Waals surface area contributed by atoms with E-state index >= 15 is 0 Å². The van der Waals surface area contributed by atoms with Crippen molar-refractivity contribution in [1.82, 2.24) is 5.32 Å². The van der Waals surface area contributed by atoms with Gasteiger partial charge in [0, 0.05) is 6.42 Å². The Hall–Kier alpha value is -1.35. The number of ketones is 1. The van der Waals surface area contributed by atoms with E-state index in [1.54, 1.807) is 0 Å². The molecular weight excluding hydrogens is 226 g/mol. The molecule has 0 bridgehead atoms. The topological polar surface area (TPSA) is 46.2 Å². The number of rotatable bonds is 5. The lowest BCUT2D eigenvalue weighted by Crippen LogP contribution is -2.30. The van der Waals surface area contributed by atoms with Crippen LogP contribution in [-0.2, 0) is 9.59 Å². The molecule has 86 valence electrons. The van der Waals surface area contributed by atoms with Gasteiger partial charge < -0.3 is 5.32 Å². The Bertz CT molecular complexity index is 365. The van der Waals surface area contributed by atoms with Crippen LogP contribution in [0.25, 0.3) is 0 Å². The van der Waals surface area contributed by atoms with Crippen molar-refractivity contribution >= 4 is 23.3 Å². The van der Waals surface area contributed by atoms with Crippen molar-refractivity contribution in [2.24, 2.45) is 0 Å². The Morgan fingerprint density at radius 1 is 1.31 bits per heavy atom. The van der Waals surface area contributed by atoms with E-state index in [9.17, 15) is 9.59 Å². The predicted molar refractivity (Wildman–Crippen MR) is 63.3 cm³/mol. The van der Waals surface area contributed by atoms with E-state index in [0.717, 1.165) is 5.56 Å². The summed E-state index contributed by atoms with van der Waals surface area (Å²) in [5.74, 6) is -0.332. The molecule has 4 heteroatoms. The average molecular weight is 240 g/mol. The minimum Gasteiger partial charge on any atom is -0.348 e. The highest BCUT2D eigenvalue weighted by atomic mass is 35.5. The fourth-order valence-electron chi connectivity index (χ4n) is 1.46. The van der Waals surface area contributed by atoms with Gasteiger partial charge in [-0.25, -0.2) is 0 Å². The number of hydrogen-bond donors (Lipinski definition) is 1. The highest BCUT2D eigenvalue weighted by Crippen LogP contribution is 2.16. The van der Waals surface area contributed by atoms with E-state index in [4.69, 9.17) is 11.6 Å². The van der Waals surface area contributed by atoms with Gasteiger partial charge in [-0.15, -0.1) is 11.6 Å². The van der Waals surface area contributed by atoms with E-state index in [-0.39, 0.29) is 30.0 Å². The van der Waals surface area contributed by atoms with E-state index < -0.39 is 0 Å². The Kier molecular flexibility index (Phi) is 4.99. The van der Waals surface area contributed by atoms with Crippen LogP contribution in [0.15, 0.2) is 30.3 Å².